The Hall–Kier alpha value is -3.60. The number of para-hydroxylation sites is 1. The molecule has 31 heavy (non-hydrogen) atoms. The van der Waals surface area contributed by atoms with Crippen LogP contribution in [0.25, 0.3) is 0 Å². The maximum Gasteiger partial charge on any atom is 0.259 e. The minimum atomic E-state index is -0.281. The molecule has 0 unspecified atom stereocenters. The van der Waals surface area contributed by atoms with Gasteiger partial charge in [0.2, 0.25) is 0 Å². The fraction of sp³-hybridized carbons (Fsp3) is 0.231. The molecule has 0 aromatic heterocycles. The predicted octanol–water partition coefficient (Wildman–Crippen LogP) is 5.92. The van der Waals surface area contributed by atoms with E-state index < -0.39 is 0 Å². The highest BCUT2D eigenvalue weighted by molar-refractivity contribution is 6.08. The van der Waals surface area contributed by atoms with E-state index in [1.165, 1.54) is 0 Å². The van der Waals surface area contributed by atoms with Crippen LogP contribution in [-0.4, -0.2) is 18.4 Å². The number of benzene rings is 3. The van der Waals surface area contributed by atoms with E-state index in [1.807, 2.05) is 37.3 Å². The molecule has 3 aromatic carbocycles. The summed E-state index contributed by atoms with van der Waals surface area (Å²) in [5.41, 5.74) is 3.25. The average Bonchev–Trinajstić information content (AvgIpc) is 2.74. The molecular formula is C26H28N2O3. The Bertz CT molecular complexity index is 1060. The minimum Gasteiger partial charge on any atom is -0.493 e. The normalized spacial score (nSPS) is 10.6. The molecule has 0 saturated carbocycles. The van der Waals surface area contributed by atoms with E-state index in [0.29, 0.717) is 35.1 Å². The molecule has 3 aromatic rings. The van der Waals surface area contributed by atoms with Gasteiger partial charge in [0.05, 0.1) is 12.2 Å². The zero-order chi connectivity index (χ0) is 22.2. The average molecular weight is 417 g/mol. The molecule has 0 bridgehead atoms. The summed E-state index contributed by atoms with van der Waals surface area (Å²) in [4.78, 5) is 25.5. The minimum absolute atomic E-state index is 0.237. The molecule has 160 valence electrons. The molecule has 0 aliphatic heterocycles. The zero-order valence-electron chi connectivity index (χ0n) is 18.1. The van der Waals surface area contributed by atoms with Crippen molar-refractivity contribution in [1.29, 1.82) is 0 Å². The second-order valence-corrected chi connectivity index (χ2v) is 7.89. The Kier molecular flexibility index (Phi) is 7.44. The summed E-state index contributed by atoms with van der Waals surface area (Å²) in [7, 11) is 0. The topological polar surface area (TPSA) is 67.4 Å². The fourth-order valence-corrected chi connectivity index (χ4v) is 3.05. The highest BCUT2D eigenvalue weighted by atomic mass is 16.5. The van der Waals surface area contributed by atoms with Gasteiger partial charge in [0.1, 0.15) is 5.75 Å². The van der Waals surface area contributed by atoms with Crippen molar-refractivity contribution in [3.05, 3.63) is 89.5 Å². The van der Waals surface area contributed by atoms with Crippen LogP contribution < -0.4 is 15.4 Å². The van der Waals surface area contributed by atoms with Gasteiger partial charge in [-0.05, 0) is 67.3 Å². The van der Waals surface area contributed by atoms with Gasteiger partial charge in [0.15, 0.2) is 0 Å². The van der Waals surface area contributed by atoms with E-state index in [0.717, 1.165) is 17.7 Å². The van der Waals surface area contributed by atoms with Crippen molar-refractivity contribution in [3.63, 3.8) is 0 Å². The monoisotopic (exact) mass is 416 g/mol. The third kappa shape index (κ3) is 6.44. The zero-order valence-corrected chi connectivity index (χ0v) is 18.1. The number of carbonyl (C=O) groups is 2. The fourth-order valence-electron chi connectivity index (χ4n) is 3.05. The number of ether oxygens (including phenoxy) is 1. The lowest BCUT2D eigenvalue weighted by molar-refractivity contribution is 0.101. The third-order valence-electron chi connectivity index (χ3n) is 4.74. The summed E-state index contributed by atoms with van der Waals surface area (Å²) < 4.78 is 5.82. The quantitative estimate of drug-likeness (QED) is 0.479. The second-order valence-electron chi connectivity index (χ2n) is 7.89. The third-order valence-corrected chi connectivity index (χ3v) is 4.74. The molecule has 0 fully saturated rings. The van der Waals surface area contributed by atoms with Crippen molar-refractivity contribution in [2.24, 2.45) is 5.92 Å². The second kappa shape index (κ2) is 10.4. The standard InChI is InChI=1S/C26H28N2O3/c1-18(2)14-15-31-24-13-5-4-12-23(24)26(30)28-22-11-7-9-20(17-22)25(29)27-21-10-6-8-19(3)16-21/h4-13,16-18H,14-15H2,1-3H3,(H,27,29)(H,28,30). The molecule has 0 saturated heterocycles. The highest BCUT2D eigenvalue weighted by Gasteiger charge is 2.14. The Morgan fingerprint density at radius 2 is 1.52 bits per heavy atom. The van der Waals surface area contributed by atoms with Crippen molar-refractivity contribution in [3.8, 4) is 5.75 Å². The largest absolute Gasteiger partial charge is 0.493 e. The maximum absolute atomic E-state index is 12.8. The summed E-state index contributed by atoms with van der Waals surface area (Å²) >= 11 is 0. The number of hydrogen-bond donors (Lipinski definition) is 2. The number of aryl methyl sites for hydroxylation is 1. The molecule has 0 atom stereocenters. The van der Waals surface area contributed by atoms with Gasteiger partial charge in [-0.25, -0.2) is 0 Å². The van der Waals surface area contributed by atoms with Crippen molar-refractivity contribution < 1.29 is 14.3 Å². The SMILES string of the molecule is Cc1cccc(NC(=O)c2cccc(NC(=O)c3ccccc3OCCC(C)C)c2)c1. The van der Waals surface area contributed by atoms with Crippen LogP contribution in [-0.2, 0) is 0 Å². The van der Waals surface area contributed by atoms with Crippen LogP contribution in [0.5, 0.6) is 5.75 Å². The molecule has 0 spiro atoms. The number of hydrogen-bond acceptors (Lipinski definition) is 3. The summed E-state index contributed by atoms with van der Waals surface area (Å²) in [5.74, 6) is 0.555. The number of carbonyl (C=O) groups excluding carboxylic acids is 2. The summed E-state index contributed by atoms with van der Waals surface area (Å²) in [6.45, 7) is 6.78. The van der Waals surface area contributed by atoms with Gasteiger partial charge in [-0.3, -0.25) is 9.59 Å². The molecule has 0 heterocycles. The van der Waals surface area contributed by atoms with Gasteiger partial charge in [0.25, 0.3) is 11.8 Å². The van der Waals surface area contributed by atoms with E-state index in [-0.39, 0.29) is 11.8 Å². The van der Waals surface area contributed by atoms with Crippen LogP contribution in [0.15, 0.2) is 72.8 Å². The lowest BCUT2D eigenvalue weighted by atomic mass is 10.1. The Labute approximate surface area is 183 Å². The summed E-state index contributed by atoms with van der Waals surface area (Å²) in [6, 6.07) is 21.6. The first-order valence-corrected chi connectivity index (χ1v) is 10.4. The van der Waals surface area contributed by atoms with Crippen LogP contribution in [0.3, 0.4) is 0 Å². The van der Waals surface area contributed by atoms with Gasteiger partial charge < -0.3 is 15.4 Å². The Balaban J connectivity index is 1.69. The Morgan fingerprint density at radius 3 is 2.26 bits per heavy atom. The van der Waals surface area contributed by atoms with E-state index in [4.69, 9.17) is 4.74 Å². The molecule has 5 heteroatoms. The first kappa shape index (κ1) is 22.1. The van der Waals surface area contributed by atoms with Gasteiger partial charge in [-0.2, -0.15) is 0 Å². The van der Waals surface area contributed by atoms with Crippen molar-refractivity contribution >= 4 is 23.2 Å². The highest BCUT2D eigenvalue weighted by Crippen LogP contribution is 2.21. The van der Waals surface area contributed by atoms with Crippen molar-refractivity contribution in [1.82, 2.24) is 0 Å². The molecule has 2 N–H and O–H groups in total. The van der Waals surface area contributed by atoms with E-state index in [1.54, 1.807) is 42.5 Å². The van der Waals surface area contributed by atoms with Crippen molar-refractivity contribution in [2.45, 2.75) is 27.2 Å². The van der Waals surface area contributed by atoms with Crippen LogP contribution >= 0.6 is 0 Å². The lowest BCUT2D eigenvalue weighted by Gasteiger charge is -2.13. The molecule has 0 aliphatic rings. The molecule has 3 rings (SSSR count). The van der Waals surface area contributed by atoms with Gasteiger partial charge in [-0.1, -0.05) is 44.2 Å². The van der Waals surface area contributed by atoms with Crippen LogP contribution in [0, 0.1) is 12.8 Å². The smallest absolute Gasteiger partial charge is 0.259 e. The van der Waals surface area contributed by atoms with E-state index in [2.05, 4.69) is 24.5 Å². The molecule has 0 radical (unpaired) electrons. The van der Waals surface area contributed by atoms with Crippen LogP contribution in [0.1, 0.15) is 46.5 Å². The summed E-state index contributed by atoms with van der Waals surface area (Å²) in [6.07, 6.45) is 0.911. The molecule has 0 aliphatic carbocycles. The van der Waals surface area contributed by atoms with Crippen LogP contribution in [0.2, 0.25) is 0 Å². The van der Waals surface area contributed by atoms with Crippen molar-refractivity contribution in [2.75, 3.05) is 17.2 Å². The van der Waals surface area contributed by atoms with Gasteiger partial charge in [-0.15, -0.1) is 0 Å². The number of amides is 2. The number of rotatable bonds is 8. The molecule has 2 amide bonds. The van der Waals surface area contributed by atoms with Gasteiger partial charge in [0, 0.05) is 16.9 Å². The Morgan fingerprint density at radius 1 is 0.839 bits per heavy atom. The number of anilines is 2. The van der Waals surface area contributed by atoms with E-state index >= 15 is 0 Å². The first-order chi connectivity index (χ1) is 14.9. The van der Waals surface area contributed by atoms with Gasteiger partial charge >= 0.3 is 0 Å². The number of nitrogens with one attached hydrogen (secondary N) is 2. The van der Waals surface area contributed by atoms with Crippen LogP contribution in [0.4, 0.5) is 11.4 Å². The molecule has 5 nitrogen and oxygen atoms in total. The first-order valence-electron chi connectivity index (χ1n) is 10.4. The lowest BCUT2D eigenvalue weighted by Crippen LogP contribution is -2.16. The molecular weight excluding hydrogens is 388 g/mol. The van der Waals surface area contributed by atoms with E-state index in [9.17, 15) is 9.59 Å². The predicted molar refractivity (Wildman–Crippen MR) is 125 cm³/mol. The summed E-state index contributed by atoms with van der Waals surface area (Å²) in [5, 5.41) is 5.75. The maximum atomic E-state index is 12.8.